The highest BCUT2D eigenvalue weighted by Crippen LogP contribution is 2.21. The van der Waals surface area contributed by atoms with E-state index in [0.717, 1.165) is 16.3 Å². The molecular weight excluding hydrogens is 364 g/mol. The van der Waals surface area contributed by atoms with Gasteiger partial charge in [0.25, 0.3) is 5.50 Å². The van der Waals surface area contributed by atoms with Gasteiger partial charge in [-0.1, -0.05) is 0 Å². The summed E-state index contributed by atoms with van der Waals surface area (Å²) < 4.78 is 0. The molecule has 0 radical (unpaired) electrons. The van der Waals surface area contributed by atoms with Crippen LogP contribution >= 0.6 is 23.4 Å². The summed E-state index contributed by atoms with van der Waals surface area (Å²) in [6.45, 7) is 1.48. The molecule has 9 heteroatoms. The van der Waals surface area contributed by atoms with Crippen LogP contribution in [0.25, 0.3) is 0 Å². The summed E-state index contributed by atoms with van der Waals surface area (Å²) in [6.07, 6.45) is 1.38. The molecule has 0 aromatic heterocycles. The van der Waals surface area contributed by atoms with Crippen LogP contribution in [0.5, 0.6) is 0 Å². The van der Waals surface area contributed by atoms with E-state index < -0.39 is 6.10 Å². The van der Waals surface area contributed by atoms with Gasteiger partial charge in [0.1, 0.15) is 18.8 Å². The molecule has 0 saturated heterocycles. The molecule has 4 N–H and O–H groups in total. The molecule has 0 aliphatic carbocycles. The minimum Gasteiger partial charge on any atom is -0.395 e. The van der Waals surface area contributed by atoms with Crippen LogP contribution in [0.2, 0.25) is 0 Å². The molecule has 2 rings (SSSR count). The van der Waals surface area contributed by atoms with Crippen molar-refractivity contribution in [3.05, 3.63) is 35.9 Å². The van der Waals surface area contributed by atoms with Crippen LogP contribution < -0.4 is 9.80 Å². The first kappa shape index (κ1) is 20.2. The fourth-order valence-electron chi connectivity index (χ4n) is 2.43. The maximum Gasteiger partial charge on any atom is 0.256 e. The summed E-state index contributed by atoms with van der Waals surface area (Å²) in [5.41, 5.74) is 1.51. The molecule has 25 heavy (non-hydrogen) atoms. The quantitative estimate of drug-likeness (QED) is 0.347. The zero-order chi connectivity index (χ0) is 18.1. The van der Waals surface area contributed by atoms with Gasteiger partial charge in [-0.05, 0) is 36.0 Å². The van der Waals surface area contributed by atoms with Crippen molar-refractivity contribution in [1.82, 2.24) is 0 Å². The minimum atomic E-state index is -0.568. The average molecular weight is 388 g/mol. The van der Waals surface area contributed by atoms with Crippen molar-refractivity contribution in [3.8, 4) is 0 Å². The number of halogens is 1. The second kappa shape index (κ2) is 10.7. The van der Waals surface area contributed by atoms with Gasteiger partial charge in [-0.3, -0.25) is 4.90 Å². The van der Waals surface area contributed by atoms with Crippen molar-refractivity contribution in [2.75, 3.05) is 43.6 Å². The predicted octanol–water partition coefficient (Wildman–Crippen LogP) is 0.547. The third-order valence-corrected chi connectivity index (χ3v) is 4.99. The number of aliphatic hydroxyl groups excluding tert-OH is 3. The summed E-state index contributed by atoms with van der Waals surface area (Å²) in [7, 11) is 0. The van der Waals surface area contributed by atoms with Crippen LogP contribution in [0.1, 0.15) is 0 Å². The smallest absolute Gasteiger partial charge is 0.256 e. The Labute approximate surface area is 156 Å². The van der Waals surface area contributed by atoms with E-state index in [1.54, 1.807) is 11.8 Å². The van der Waals surface area contributed by atoms with Gasteiger partial charge in [0.05, 0.1) is 24.8 Å². The van der Waals surface area contributed by atoms with E-state index in [0.29, 0.717) is 19.6 Å². The van der Waals surface area contributed by atoms with E-state index in [9.17, 15) is 5.11 Å². The van der Waals surface area contributed by atoms with Gasteiger partial charge in [-0.25, -0.2) is 0 Å². The lowest BCUT2D eigenvalue weighted by Crippen LogP contribution is -3.10. The zero-order valence-corrected chi connectivity index (χ0v) is 15.4. The normalized spacial score (nSPS) is 21.1. The van der Waals surface area contributed by atoms with Crippen molar-refractivity contribution in [2.24, 2.45) is 10.2 Å². The number of aliphatic hydroxyl groups is 3. The fourth-order valence-corrected chi connectivity index (χ4v) is 3.39. The second-order valence-electron chi connectivity index (χ2n) is 5.54. The minimum absolute atomic E-state index is 0.0279. The molecule has 138 valence electrons. The SMILES string of the molecule is OCCN(CCO)c1ccc(N=NC2SC=C[NH+]2CC(O)CCl)cc1. The molecule has 3 atom stereocenters. The fraction of sp³-hybridized carbons (Fsp3) is 0.500. The van der Waals surface area contributed by atoms with Gasteiger partial charge < -0.3 is 20.2 Å². The number of rotatable bonds is 10. The van der Waals surface area contributed by atoms with Crippen molar-refractivity contribution in [1.29, 1.82) is 0 Å². The number of anilines is 1. The van der Waals surface area contributed by atoms with Crippen LogP contribution in [0, 0.1) is 0 Å². The van der Waals surface area contributed by atoms with Crippen molar-refractivity contribution < 1.29 is 20.2 Å². The third-order valence-electron chi connectivity index (χ3n) is 3.69. The summed E-state index contributed by atoms with van der Waals surface area (Å²) >= 11 is 7.20. The number of hydrogen-bond acceptors (Lipinski definition) is 7. The zero-order valence-electron chi connectivity index (χ0n) is 13.8. The first-order chi connectivity index (χ1) is 12.2. The van der Waals surface area contributed by atoms with Crippen molar-refractivity contribution in [2.45, 2.75) is 11.6 Å². The average Bonchev–Trinajstić information content (AvgIpc) is 3.07. The van der Waals surface area contributed by atoms with Gasteiger partial charge in [0, 0.05) is 24.2 Å². The highest BCUT2D eigenvalue weighted by atomic mass is 35.5. The standard InChI is InChI=1S/C16H23ClN4O3S/c17-11-15(24)12-21-7-10-25-16(21)19-18-13-1-3-14(4-2-13)20(5-8-22)6-9-23/h1-4,7,10,15-16,22-24H,5-6,8-9,11-12H2/p+1. The van der Waals surface area contributed by atoms with Gasteiger partial charge in [0.15, 0.2) is 0 Å². The Bertz CT molecular complexity index is 567. The summed E-state index contributed by atoms with van der Waals surface area (Å²) in [4.78, 5) is 2.91. The first-order valence-corrected chi connectivity index (χ1v) is 9.55. The summed E-state index contributed by atoms with van der Waals surface area (Å²) in [6, 6.07) is 7.48. The monoisotopic (exact) mass is 387 g/mol. The Morgan fingerprint density at radius 2 is 1.88 bits per heavy atom. The molecule has 1 aromatic rings. The van der Waals surface area contributed by atoms with E-state index in [4.69, 9.17) is 21.8 Å². The predicted molar refractivity (Wildman–Crippen MR) is 100 cm³/mol. The van der Waals surface area contributed by atoms with Crippen LogP contribution in [0.3, 0.4) is 0 Å². The topological polar surface area (TPSA) is 93.1 Å². The second-order valence-corrected chi connectivity index (χ2v) is 6.84. The highest BCUT2D eigenvalue weighted by Gasteiger charge is 2.27. The van der Waals surface area contributed by atoms with Gasteiger partial charge in [-0.2, -0.15) is 0 Å². The van der Waals surface area contributed by atoms with E-state index in [-0.39, 0.29) is 24.6 Å². The molecule has 0 saturated carbocycles. The van der Waals surface area contributed by atoms with Crippen molar-refractivity contribution in [3.63, 3.8) is 0 Å². The Kier molecular flexibility index (Phi) is 8.66. The number of azo groups is 1. The number of hydrogen-bond donors (Lipinski definition) is 4. The van der Waals surface area contributed by atoms with Gasteiger partial charge >= 0.3 is 0 Å². The maximum atomic E-state index is 9.68. The largest absolute Gasteiger partial charge is 0.395 e. The number of quaternary nitrogens is 1. The molecule has 1 aromatic carbocycles. The molecule has 1 aliphatic heterocycles. The lowest BCUT2D eigenvalue weighted by molar-refractivity contribution is -0.858. The van der Waals surface area contributed by atoms with Crippen molar-refractivity contribution >= 4 is 34.7 Å². The number of nitrogens with one attached hydrogen (secondary N) is 1. The van der Waals surface area contributed by atoms with E-state index in [1.807, 2.05) is 40.8 Å². The van der Waals surface area contributed by atoms with Crippen LogP contribution in [-0.2, 0) is 0 Å². The highest BCUT2D eigenvalue weighted by molar-refractivity contribution is 8.02. The van der Waals surface area contributed by atoms with Gasteiger partial charge in [0.2, 0.25) is 0 Å². The first-order valence-electron chi connectivity index (χ1n) is 8.07. The van der Waals surface area contributed by atoms with Crippen LogP contribution in [0.15, 0.2) is 46.1 Å². The van der Waals surface area contributed by atoms with E-state index in [1.165, 1.54) is 0 Å². The molecule has 0 amide bonds. The molecule has 0 spiro atoms. The lowest BCUT2D eigenvalue weighted by atomic mass is 10.2. The molecule has 7 nitrogen and oxygen atoms in total. The number of alkyl halides is 1. The summed E-state index contributed by atoms with van der Waals surface area (Å²) in [5.74, 6) is 0.200. The number of thioether (sulfide) groups is 1. The van der Waals surface area contributed by atoms with E-state index >= 15 is 0 Å². The Morgan fingerprint density at radius 3 is 2.48 bits per heavy atom. The lowest BCUT2D eigenvalue weighted by Gasteiger charge is -2.22. The molecular formula is C16H24ClN4O3S+. The van der Waals surface area contributed by atoms with E-state index in [2.05, 4.69) is 10.2 Å². The Balaban J connectivity index is 1.97. The van der Waals surface area contributed by atoms with Crippen LogP contribution in [-0.4, -0.2) is 65.6 Å². The number of nitrogens with zero attached hydrogens (tertiary/aromatic N) is 3. The Morgan fingerprint density at radius 1 is 1.20 bits per heavy atom. The summed E-state index contributed by atoms with van der Waals surface area (Å²) in [5, 5.41) is 38.5. The Hall–Kier alpha value is -1.16. The third kappa shape index (κ3) is 6.25. The van der Waals surface area contributed by atoms with Gasteiger partial charge in [-0.15, -0.1) is 21.8 Å². The molecule has 1 aliphatic rings. The molecule has 0 fully saturated rings. The number of benzene rings is 1. The molecule has 0 bridgehead atoms. The molecule has 3 unspecified atom stereocenters. The molecule has 1 heterocycles. The maximum absolute atomic E-state index is 9.68. The van der Waals surface area contributed by atoms with Crippen LogP contribution in [0.4, 0.5) is 11.4 Å².